The molecule has 5 heteroatoms. The fourth-order valence-corrected chi connectivity index (χ4v) is 3.25. The molecule has 0 aliphatic rings. The first-order valence-corrected chi connectivity index (χ1v) is 6.55. The van der Waals surface area contributed by atoms with Crippen molar-refractivity contribution in [1.29, 1.82) is 0 Å². The van der Waals surface area contributed by atoms with Crippen LogP contribution in [-0.2, 0) is 0 Å². The van der Waals surface area contributed by atoms with Crippen molar-refractivity contribution in [2.24, 2.45) is 0 Å². The first-order valence-electron chi connectivity index (χ1n) is 4.75. The van der Waals surface area contributed by atoms with Gasteiger partial charge in [0.2, 0.25) is 0 Å². The van der Waals surface area contributed by atoms with Gasteiger partial charge >= 0.3 is 0 Å². The number of thioether (sulfide) groups is 1. The minimum absolute atomic E-state index is 0.378. The van der Waals surface area contributed by atoms with E-state index >= 15 is 0 Å². The number of hydrogen-bond acceptors (Lipinski definition) is 3. The Morgan fingerprint density at radius 1 is 1.38 bits per heavy atom. The first-order chi connectivity index (χ1) is 7.75. The largest absolute Gasteiger partial charge is 0.266 e. The summed E-state index contributed by atoms with van der Waals surface area (Å²) in [7, 11) is 0. The van der Waals surface area contributed by atoms with Crippen LogP contribution in [0.2, 0.25) is 0 Å². The number of benzene rings is 1. The van der Waals surface area contributed by atoms with Crippen LogP contribution >= 0.6 is 23.1 Å². The lowest BCUT2D eigenvalue weighted by Crippen LogP contribution is -1.76. The molecule has 0 aliphatic carbocycles. The van der Waals surface area contributed by atoms with Crippen molar-refractivity contribution < 1.29 is 8.78 Å². The summed E-state index contributed by atoms with van der Waals surface area (Å²) in [6.07, 6.45) is -0.284. The van der Waals surface area contributed by atoms with Gasteiger partial charge in [-0.05, 0) is 24.6 Å². The Labute approximate surface area is 100 Å². The van der Waals surface area contributed by atoms with Crippen LogP contribution in [0.1, 0.15) is 6.42 Å². The average Bonchev–Trinajstić information content (AvgIpc) is 2.66. The van der Waals surface area contributed by atoms with Crippen LogP contribution in [0.3, 0.4) is 0 Å². The van der Waals surface area contributed by atoms with Gasteiger partial charge in [-0.2, -0.15) is 8.78 Å². The Morgan fingerprint density at radius 3 is 2.94 bits per heavy atom. The molecule has 2 rings (SSSR count). The van der Waals surface area contributed by atoms with Gasteiger partial charge in [0.05, 0.1) is 10.2 Å². The lowest BCUT2D eigenvalue weighted by molar-refractivity contribution is 0.418. The van der Waals surface area contributed by atoms with Crippen LogP contribution in [0.5, 0.6) is 0 Å². The predicted molar refractivity (Wildman–Crippen MR) is 65.3 cm³/mol. The van der Waals surface area contributed by atoms with Crippen molar-refractivity contribution in [2.45, 2.75) is 10.8 Å². The Bertz CT molecular complexity index is 470. The summed E-state index contributed by atoms with van der Waals surface area (Å²) in [5.41, 5.74) is 0.974. The fraction of sp³-hybridized carbons (Fsp3) is 0.182. The van der Waals surface area contributed by atoms with Crippen LogP contribution in [0.4, 0.5) is 8.78 Å². The number of fused-ring (bicyclic) bond motifs is 1. The maximum absolute atomic E-state index is 11.8. The SMILES string of the molecule is FC(F)=CCCSc1nc2ccccc2s1. The van der Waals surface area contributed by atoms with E-state index in [1.165, 1.54) is 11.8 Å². The van der Waals surface area contributed by atoms with E-state index in [2.05, 4.69) is 4.98 Å². The van der Waals surface area contributed by atoms with E-state index in [9.17, 15) is 8.78 Å². The van der Waals surface area contributed by atoms with Crippen LogP contribution in [0.25, 0.3) is 10.2 Å². The Kier molecular flexibility index (Phi) is 3.90. The minimum Gasteiger partial charge on any atom is -0.230 e. The molecule has 1 nitrogen and oxygen atoms in total. The quantitative estimate of drug-likeness (QED) is 0.588. The standard InChI is InChI=1S/C11H9F2NS2/c12-10(13)6-3-7-15-11-14-8-4-1-2-5-9(8)16-11/h1-2,4-6H,3,7H2. The minimum atomic E-state index is -1.61. The molecule has 0 aliphatic heterocycles. The number of para-hydroxylation sites is 1. The summed E-state index contributed by atoms with van der Waals surface area (Å²) < 4.78 is 25.6. The number of rotatable bonds is 4. The molecule has 0 atom stereocenters. The maximum Gasteiger partial charge on any atom is 0.266 e. The zero-order valence-electron chi connectivity index (χ0n) is 8.32. The molecular formula is C11H9F2NS2. The summed E-state index contributed by atoms with van der Waals surface area (Å²) in [4.78, 5) is 4.40. The second-order valence-corrected chi connectivity index (χ2v) is 5.45. The molecule has 2 aromatic rings. The number of thiazole rings is 1. The summed E-state index contributed by atoms with van der Waals surface area (Å²) in [6, 6.07) is 7.88. The van der Waals surface area contributed by atoms with Gasteiger partial charge in [-0.3, -0.25) is 0 Å². The monoisotopic (exact) mass is 257 g/mol. The van der Waals surface area contributed by atoms with Crippen molar-refractivity contribution in [3.05, 3.63) is 36.4 Å². The van der Waals surface area contributed by atoms with Crippen molar-refractivity contribution >= 4 is 33.3 Å². The third-order valence-corrected chi connectivity index (χ3v) is 4.13. The number of halogens is 2. The molecule has 0 bridgehead atoms. The molecule has 1 aromatic carbocycles. The normalized spacial score (nSPS) is 10.6. The molecule has 0 fully saturated rings. The van der Waals surface area contributed by atoms with Gasteiger partial charge in [0, 0.05) is 5.75 Å². The van der Waals surface area contributed by atoms with Crippen molar-refractivity contribution in [3.63, 3.8) is 0 Å². The second kappa shape index (κ2) is 5.41. The molecule has 0 saturated carbocycles. The molecule has 1 aromatic heterocycles. The van der Waals surface area contributed by atoms with Gasteiger partial charge < -0.3 is 0 Å². The fourth-order valence-electron chi connectivity index (χ4n) is 1.23. The molecular weight excluding hydrogens is 248 g/mol. The topological polar surface area (TPSA) is 12.9 Å². The van der Waals surface area contributed by atoms with E-state index in [0.29, 0.717) is 12.2 Å². The number of allylic oxidation sites excluding steroid dienone is 1. The van der Waals surface area contributed by atoms with E-state index in [1.807, 2.05) is 24.3 Å². The van der Waals surface area contributed by atoms with Crippen LogP contribution < -0.4 is 0 Å². The van der Waals surface area contributed by atoms with Crippen molar-refractivity contribution in [1.82, 2.24) is 4.98 Å². The third kappa shape index (κ3) is 3.02. The van der Waals surface area contributed by atoms with E-state index < -0.39 is 6.08 Å². The van der Waals surface area contributed by atoms with Crippen molar-refractivity contribution in [3.8, 4) is 0 Å². The van der Waals surface area contributed by atoms with Crippen LogP contribution in [0, 0.1) is 0 Å². The molecule has 16 heavy (non-hydrogen) atoms. The lowest BCUT2D eigenvalue weighted by Gasteiger charge is -1.91. The zero-order chi connectivity index (χ0) is 11.4. The maximum atomic E-state index is 11.8. The number of nitrogens with zero attached hydrogens (tertiary/aromatic N) is 1. The van der Waals surface area contributed by atoms with Crippen LogP contribution in [0.15, 0.2) is 40.8 Å². The van der Waals surface area contributed by atoms with Gasteiger partial charge in [0.1, 0.15) is 0 Å². The highest BCUT2D eigenvalue weighted by Gasteiger charge is 2.02. The molecule has 0 spiro atoms. The number of hydrogen-bond donors (Lipinski definition) is 0. The highest BCUT2D eigenvalue weighted by atomic mass is 32.2. The average molecular weight is 257 g/mol. The van der Waals surface area contributed by atoms with Gasteiger partial charge in [0.25, 0.3) is 6.08 Å². The van der Waals surface area contributed by atoms with Crippen molar-refractivity contribution in [2.75, 3.05) is 5.75 Å². The van der Waals surface area contributed by atoms with E-state index in [1.54, 1.807) is 11.3 Å². The summed E-state index contributed by atoms with van der Waals surface area (Å²) in [5.74, 6) is 0.636. The molecule has 0 radical (unpaired) electrons. The number of aromatic nitrogens is 1. The molecule has 0 N–H and O–H groups in total. The predicted octanol–water partition coefficient (Wildman–Crippen LogP) is 4.56. The highest BCUT2D eigenvalue weighted by molar-refractivity contribution is 8.01. The molecule has 0 saturated heterocycles. The van der Waals surface area contributed by atoms with Gasteiger partial charge in [-0.25, -0.2) is 4.98 Å². The second-order valence-electron chi connectivity index (χ2n) is 3.08. The smallest absolute Gasteiger partial charge is 0.230 e. The molecule has 0 unspecified atom stereocenters. The Morgan fingerprint density at radius 2 is 2.19 bits per heavy atom. The summed E-state index contributed by atoms with van der Waals surface area (Å²) in [6.45, 7) is 0. The van der Waals surface area contributed by atoms with E-state index in [0.717, 1.165) is 20.6 Å². The summed E-state index contributed by atoms with van der Waals surface area (Å²) in [5, 5.41) is 0. The lowest BCUT2D eigenvalue weighted by atomic mass is 10.3. The highest BCUT2D eigenvalue weighted by Crippen LogP contribution is 2.29. The first kappa shape index (κ1) is 11.5. The Balaban J connectivity index is 1.97. The van der Waals surface area contributed by atoms with Gasteiger partial charge in [-0.1, -0.05) is 23.9 Å². The third-order valence-electron chi connectivity index (χ3n) is 1.92. The molecule has 1 heterocycles. The van der Waals surface area contributed by atoms with Crippen LogP contribution in [-0.4, -0.2) is 10.7 Å². The van der Waals surface area contributed by atoms with E-state index in [-0.39, 0.29) is 0 Å². The zero-order valence-corrected chi connectivity index (χ0v) is 9.95. The Hall–Kier alpha value is -0.940. The van der Waals surface area contributed by atoms with Gasteiger partial charge in [0.15, 0.2) is 4.34 Å². The van der Waals surface area contributed by atoms with E-state index in [4.69, 9.17) is 0 Å². The van der Waals surface area contributed by atoms with Gasteiger partial charge in [-0.15, -0.1) is 11.3 Å². The molecule has 84 valence electrons. The summed E-state index contributed by atoms with van der Waals surface area (Å²) >= 11 is 3.12. The molecule has 0 amide bonds.